The summed E-state index contributed by atoms with van der Waals surface area (Å²) >= 11 is 0. The van der Waals surface area contributed by atoms with Gasteiger partial charge in [0.25, 0.3) is 0 Å². The van der Waals surface area contributed by atoms with Crippen LogP contribution in [0.4, 0.5) is 0 Å². The number of esters is 1. The fraction of sp³-hybridized carbons (Fsp3) is 0.273. The van der Waals surface area contributed by atoms with Crippen LogP contribution in [0.2, 0.25) is 0 Å². The van der Waals surface area contributed by atoms with E-state index >= 15 is 0 Å². The first kappa shape index (κ1) is 15.5. The van der Waals surface area contributed by atoms with Crippen LogP contribution < -0.4 is 0 Å². The summed E-state index contributed by atoms with van der Waals surface area (Å²) in [6.07, 6.45) is 4.71. The van der Waals surface area contributed by atoms with Crippen LogP contribution in [0.5, 0.6) is 0 Å². The molecule has 0 aliphatic rings. The van der Waals surface area contributed by atoms with Crippen molar-refractivity contribution in [3.63, 3.8) is 0 Å². The molecule has 0 aliphatic heterocycles. The van der Waals surface area contributed by atoms with Gasteiger partial charge in [-0.25, -0.2) is 9.59 Å². The molecule has 0 atom stereocenters. The lowest BCUT2D eigenvalue weighted by molar-refractivity contribution is -0.136. The number of aliphatic carboxylic acids is 1. The standard InChI is InChI=1S/C7H10O2.C4H4O2/c1-3-5-6-9-7(8)4-2;1-2-3-4(5)6/h3-5H,2,6H2,1H3;1H3,(H,5,6). The predicted octanol–water partition coefficient (Wildman–Crippen LogP) is 1.39. The highest BCUT2D eigenvalue weighted by Crippen LogP contribution is 1.79. The minimum atomic E-state index is -1.07. The van der Waals surface area contributed by atoms with E-state index in [1.165, 1.54) is 6.92 Å². The summed E-state index contributed by atoms with van der Waals surface area (Å²) in [5, 5.41) is 7.74. The molecule has 0 heterocycles. The molecule has 0 bridgehead atoms. The summed E-state index contributed by atoms with van der Waals surface area (Å²) in [5.41, 5.74) is 0. The molecular weight excluding hydrogens is 196 g/mol. The summed E-state index contributed by atoms with van der Waals surface area (Å²) < 4.78 is 4.59. The normalized spacial score (nSPS) is 7.87. The van der Waals surface area contributed by atoms with Crippen LogP contribution in [-0.4, -0.2) is 23.7 Å². The van der Waals surface area contributed by atoms with Crippen molar-refractivity contribution in [1.82, 2.24) is 0 Å². The van der Waals surface area contributed by atoms with Gasteiger partial charge in [-0.2, -0.15) is 0 Å². The lowest BCUT2D eigenvalue weighted by atomic mass is 10.5. The van der Waals surface area contributed by atoms with E-state index in [0.717, 1.165) is 6.08 Å². The van der Waals surface area contributed by atoms with Gasteiger partial charge >= 0.3 is 11.9 Å². The zero-order valence-electron chi connectivity index (χ0n) is 8.82. The maximum Gasteiger partial charge on any atom is 0.381 e. The number of hydrogen-bond donors (Lipinski definition) is 1. The SMILES string of the molecule is C=CC(=O)OCC=CC.CC#CC(=O)O. The van der Waals surface area contributed by atoms with E-state index in [1.807, 2.05) is 18.9 Å². The molecule has 0 aromatic carbocycles. The Labute approximate surface area is 89.2 Å². The Hall–Kier alpha value is -2.02. The fourth-order valence-electron chi connectivity index (χ4n) is 0.392. The van der Waals surface area contributed by atoms with Crippen LogP contribution >= 0.6 is 0 Å². The van der Waals surface area contributed by atoms with E-state index in [4.69, 9.17) is 5.11 Å². The second kappa shape index (κ2) is 12.0. The highest BCUT2D eigenvalue weighted by Gasteiger charge is 1.88. The summed E-state index contributed by atoms with van der Waals surface area (Å²) in [6, 6.07) is 0. The first-order chi connectivity index (χ1) is 7.08. The van der Waals surface area contributed by atoms with Gasteiger partial charge in [0.1, 0.15) is 6.61 Å². The van der Waals surface area contributed by atoms with E-state index in [2.05, 4.69) is 17.2 Å². The van der Waals surface area contributed by atoms with E-state index in [1.54, 1.807) is 6.08 Å². The van der Waals surface area contributed by atoms with Crippen molar-refractivity contribution < 1.29 is 19.4 Å². The molecule has 0 unspecified atom stereocenters. The Balaban J connectivity index is 0. The number of carboxylic acid groups (broad SMARTS) is 1. The molecule has 0 aromatic heterocycles. The van der Waals surface area contributed by atoms with Gasteiger partial charge in [-0.1, -0.05) is 24.7 Å². The number of carbonyl (C=O) groups is 2. The second-order valence-electron chi connectivity index (χ2n) is 2.08. The maximum absolute atomic E-state index is 10.3. The lowest BCUT2D eigenvalue weighted by Crippen LogP contribution is -1.98. The third kappa shape index (κ3) is 18.7. The van der Waals surface area contributed by atoms with Gasteiger partial charge in [0, 0.05) is 12.0 Å². The van der Waals surface area contributed by atoms with Crippen molar-refractivity contribution in [2.45, 2.75) is 13.8 Å². The minimum Gasteiger partial charge on any atom is -0.472 e. The van der Waals surface area contributed by atoms with Crippen LogP contribution in [0.1, 0.15) is 13.8 Å². The third-order valence-electron chi connectivity index (χ3n) is 0.956. The molecule has 1 N–H and O–H groups in total. The van der Waals surface area contributed by atoms with Crippen LogP contribution in [-0.2, 0) is 14.3 Å². The highest BCUT2D eigenvalue weighted by atomic mass is 16.5. The number of carbonyl (C=O) groups excluding carboxylic acids is 1. The van der Waals surface area contributed by atoms with Crippen LogP contribution in [0.25, 0.3) is 0 Å². The van der Waals surface area contributed by atoms with Crippen molar-refractivity contribution in [3.8, 4) is 11.8 Å². The molecule has 0 saturated carbocycles. The smallest absolute Gasteiger partial charge is 0.381 e. The maximum atomic E-state index is 10.3. The van der Waals surface area contributed by atoms with Gasteiger partial charge in [-0.3, -0.25) is 0 Å². The average Bonchev–Trinajstić information content (AvgIpc) is 2.18. The number of rotatable bonds is 3. The molecular formula is C11H14O4. The Morgan fingerprint density at radius 3 is 2.40 bits per heavy atom. The monoisotopic (exact) mass is 210 g/mol. The predicted molar refractivity (Wildman–Crippen MR) is 57.1 cm³/mol. The van der Waals surface area contributed by atoms with Crippen molar-refractivity contribution in [3.05, 3.63) is 24.8 Å². The molecule has 15 heavy (non-hydrogen) atoms. The average molecular weight is 210 g/mol. The van der Waals surface area contributed by atoms with Crippen LogP contribution in [0, 0.1) is 11.8 Å². The lowest BCUT2D eigenvalue weighted by Gasteiger charge is -1.93. The van der Waals surface area contributed by atoms with Gasteiger partial charge < -0.3 is 9.84 Å². The molecule has 0 spiro atoms. The summed E-state index contributed by atoms with van der Waals surface area (Å²) in [4.78, 5) is 19.7. The quantitative estimate of drug-likeness (QED) is 0.331. The van der Waals surface area contributed by atoms with Crippen molar-refractivity contribution in [1.29, 1.82) is 0 Å². The third-order valence-corrected chi connectivity index (χ3v) is 0.956. The Bertz CT molecular complexity index is 291. The molecule has 82 valence electrons. The largest absolute Gasteiger partial charge is 0.472 e. The molecule has 0 saturated heterocycles. The van der Waals surface area contributed by atoms with E-state index < -0.39 is 5.97 Å². The van der Waals surface area contributed by atoms with E-state index in [9.17, 15) is 9.59 Å². The molecule has 0 radical (unpaired) electrons. The van der Waals surface area contributed by atoms with Gasteiger partial charge in [-0.15, -0.1) is 0 Å². The van der Waals surface area contributed by atoms with Crippen LogP contribution in [0.15, 0.2) is 24.8 Å². The van der Waals surface area contributed by atoms with Gasteiger partial charge in [0.2, 0.25) is 0 Å². The molecule has 0 aliphatic carbocycles. The first-order valence-corrected chi connectivity index (χ1v) is 4.14. The van der Waals surface area contributed by atoms with E-state index in [-0.39, 0.29) is 5.97 Å². The van der Waals surface area contributed by atoms with Crippen molar-refractivity contribution in [2.75, 3.05) is 6.61 Å². The van der Waals surface area contributed by atoms with E-state index in [0.29, 0.717) is 6.61 Å². The number of carboxylic acids is 1. The molecule has 0 rings (SSSR count). The number of allylic oxidation sites excluding steroid dienone is 1. The van der Waals surface area contributed by atoms with Crippen LogP contribution in [0.3, 0.4) is 0 Å². The van der Waals surface area contributed by atoms with Crippen molar-refractivity contribution >= 4 is 11.9 Å². The second-order valence-corrected chi connectivity index (χ2v) is 2.08. The Morgan fingerprint density at radius 1 is 1.53 bits per heavy atom. The first-order valence-electron chi connectivity index (χ1n) is 4.14. The van der Waals surface area contributed by atoms with Gasteiger partial charge in [0.15, 0.2) is 0 Å². The molecule has 4 nitrogen and oxygen atoms in total. The number of ether oxygens (including phenoxy) is 1. The summed E-state index contributed by atoms with van der Waals surface area (Å²) in [6.45, 7) is 6.92. The fourth-order valence-corrected chi connectivity index (χ4v) is 0.392. The highest BCUT2D eigenvalue weighted by molar-refractivity contribution is 5.86. The number of hydrogen-bond acceptors (Lipinski definition) is 3. The summed E-state index contributed by atoms with van der Waals surface area (Å²) in [5.74, 6) is 2.64. The Kier molecular flexibility index (Phi) is 12.3. The molecule has 4 heteroatoms. The molecule has 0 amide bonds. The Morgan fingerprint density at radius 2 is 2.13 bits per heavy atom. The zero-order valence-corrected chi connectivity index (χ0v) is 8.82. The summed E-state index contributed by atoms with van der Waals surface area (Å²) in [7, 11) is 0. The van der Waals surface area contributed by atoms with Gasteiger partial charge in [-0.05, 0) is 13.8 Å². The van der Waals surface area contributed by atoms with Crippen molar-refractivity contribution in [2.24, 2.45) is 0 Å². The molecule has 0 fully saturated rings. The topological polar surface area (TPSA) is 63.6 Å². The molecule has 0 aromatic rings. The zero-order chi connectivity index (χ0) is 12.1. The minimum absolute atomic E-state index is 0.335. The van der Waals surface area contributed by atoms with Gasteiger partial charge in [0.05, 0.1) is 0 Å².